The van der Waals surface area contributed by atoms with Crippen LogP contribution in [0.15, 0.2) is 36.7 Å². The molecule has 0 saturated carbocycles. The Morgan fingerprint density at radius 2 is 2.14 bits per heavy atom. The lowest BCUT2D eigenvalue weighted by molar-refractivity contribution is 0.0984. The molecule has 0 spiro atoms. The molecule has 114 valence electrons. The Kier molecular flexibility index (Phi) is 4.04. The van der Waals surface area contributed by atoms with Crippen LogP contribution in [0.2, 0.25) is 0 Å². The largest absolute Gasteiger partial charge is 0.370 e. The molecule has 0 atom stereocenters. The molecule has 5 nitrogen and oxygen atoms in total. The van der Waals surface area contributed by atoms with Crippen molar-refractivity contribution in [3.05, 3.63) is 47.9 Å². The summed E-state index contributed by atoms with van der Waals surface area (Å²) in [5.74, 6) is 1.14. The van der Waals surface area contributed by atoms with E-state index in [0.29, 0.717) is 24.0 Å². The number of rotatable bonds is 4. The van der Waals surface area contributed by atoms with Gasteiger partial charge in [0.05, 0.1) is 0 Å². The first-order valence-corrected chi connectivity index (χ1v) is 7.61. The minimum atomic E-state index is -0.0695. The molecule has 1 aliphatic heterocycles. The molecule has 0 unspecified atom stereocenters. The predicted octanol–water partition coefficient (Wildman–Crippen LogP) is 2.75. The molecule has 3 rings (SSSR count). The number of para-hydroxylation sites is 1. The summed E-state index contributed by atoms with van der Waals surface area (Å²) in [4.78, 5) is 22.8. The Hall–Kier alpha value is -2.43. The maximum atomic E-state index is 12.7. The van der Waals surface area contributed by atoms with E-state index in [-0.39, 0.29) is 5.91 Å². The van der Waals surface area contributed by atoms with Gasteiger partial charge in [0.1, 0.15) is 17.8 Å². The van der Waals surface area contributed by atoms with E-state index in [1.165, 1.54) is 11.9 Å². The SMILES string of the molecule is CC(C)CNc1cc(C(=O)N2CCc3ccccc32)ncn1. The third-order valence-electron chi connectivity index (χ3n) is 3.71. The Bertz CT molecular complexity index is 684. The van der Waals surface area contributed by atoms with Crippen molar-refractivity contribution >= 4 is 17.4 Å². The van der Waals surface area contributed by atoms with Crippen LogP contribution in [-0.4, -0.2) is 29.0 Å². The molecule has 0 radical (unpaired) electrons. The molecule has 1 amide bonds. The van der Waals surface area contributed by atoms with Crippen LogP contribution in [-0.2, 0) is 6.42 Å². The first-order valence-electron chi connectivity index (χ1n) is 7.61. The third kappa shape index (κ3) is 2.93. The lowest BCUT2D eigenvalue weighted by Crippen LogP contribution is -2.29. The van der Waals surface area contributed by atoms with E-state index in [4.69, 9.17) is 0 Å². The van der Waals surface area contributed by atoms with Crippen molar-refractivity contribution in [3.63, 3.8) is 0 Å². The van der Waals surface area contributed by atoms with Crippen molar-refractivity contribution in [2.45, 2.75) is 20.3 Å². The number of anilines is 2. The highest BCUT2D eigenvalue weighted by atomic mass is 16.2. The van der Waals surface area contributed by atoms with Crippen LogP contribution >= 0.6 is 0 Å². The summed E-state index contributed by atoms with van der Waals surface area (Å²) in [5, 5.41) is 3.23. The van der Waals surface area contributed by atoms with Gasteiger partial charge in [0.15, 0.2) is 0 Å². The maximum Gasteiger partial charge on any atom is 0.277 e. The fourth-order valence-corrected chi connectivity index (χ4v) is 2.57. The molecular formula is C17H20N4O. The monoisotopic (exact) mass is 296 g/mol. The second kappa shape index (κ2) is 6.13. The summed E-state index contributed by atoms with van der Waals surface area (Å²) < 4.78 is 0. The Labute approximate surface area is 130 Å². The van der Waals surface area contributed by atoms with E-state index in [1.807, 2.05) is 18.2 Å². The van der Waals surface area contributed by atoms with Gasteiger partial charge >= 0.3 is 0 Å². The quantitative estimate of drug-likeness (QED) is 0.942. The van der Waals surface area contributed by atoms with Crippen molar-refractivity contribution in [1.82, 2.24) is 9.97 Å². The number of nitrogens with zero attached hydrogens (tertiary/aromatic N) is 3. The second-order valence-corrected chi connectivity index (χ2v) is 5.90. The zero-order valence-corrected chi connectivity index (χ0v) is 12.9. The van der Waals surface area contributed by atoms with Crippen LogP contribution in [0.4, 0.5) is 11.5 Å². The summed E-state index contributed by atoms with van der Waals surface area (Å²) in [5.41, 5.74) is 2.63. The molecule has 2 aromatic rings. The van der Waals surface area contributed by atoms with Gasteiger partial charge in [0.25, 0.3) is 5.91 Å². The summed E-state index contributed by atoms with van der Waals surface area (Å²) >= 11 is 0. The summed E-state index contributed by atoms with van der Waals surface area (Å²) in [6.45, 7) is 5.77. The molecule has 1 aliphatic rings. The molecule has 1 aromatic heterocycles. The Morgan fingerprint density at radius 3 is 2.95 bits per heavy atom. The lowest BCUT2D eigenvalue weighted by atomic mass is 10.2. The van der Waals surface area contributed by atoms with Crippen LogP contribution in [0.3, 0.4) is 0 Å². The molecule has 0 fully saturated rings. The molecule has 0 aliphatic carbocycles. The van der Waals surface area contributed by atoms with Gasteiger partial charge in [-0.1, -0.05) is 32.0 Å². The van der Waals surface area contributed by atoms with E-state index >= 15 is 0 Å². The zero-order chi connectivity index (χ0) is 15.5. The van der Waals surface area contributed by atoms with Gasteiger partial charge in [-0.2, -0.15) is 0 Å². The second-order valence-electron chi connectivity index (χ2n) is 5.90. The van der Waals surface area contributed by atoms with Crippen LogP contribution in [0.25, 0.3) is 0 Å². The van der Waals surface area contributed by atoms with E-state index in [2.05, 4.69) is 35.2 Å². The number of carbonyl (C=O) groups is 1. The minimum Gasteiger partial charge on any atom is -0.370 e. The average molecular weight is 296 g/mol. The van der Waals surface area contributed by atoms with Crippen molar-refractivity contribution in [3.8, 4) is 0 Å². The number of carbonyl (C=O) groups excluding carboxylic acids is 1. The number of amides is 1. The molecule has 22 heavy (non-hydrogen) atoms. The molecule has 2 heterocycles. The van der Waals surface area contributed by atoms with Gasteiger partial charge in [-0.25, -0.2) is 9.97 Å². The number of nitrogens with one attached hydrogen (secondary N) is 1. The Morgan fingerprint density at radius 1 is 1.32 bits per heavy atom. The van der Waals surface area contributed by atoms with Crippen molar-refractivity contribution in [2.24, 2.45) is 5.92 Å². The first kappa shape index (κ1) is 14.5. The highest BCUT2D eigenvalue weighted by molar-refractivity contribution is 6.06. The molecule has 1 aromatic carbocycles. The summed E-state index contributed by atoms with van der Waals surface area (Å²) in [6, 6.07) is 9.74. The van der Waals surface area contributed by atoms with Crippen LogP contribution in [0.1, 0.15) is 29.9 Å². The summed E-state index contributed by atoms with van der Waals surface area (Å²) in [7, 11) is 0. The van der Waals surface area contributed by atoms with E-state index in [9.17, 15) is 4.79 Å². The maximum absolute atomic E-state index is 12.7. The number of hydrogen-bond acceptors (Lipinski definition) is 4. The van der Waals surface area contributed by atoms with Crippen LogP contribution < -0.4 is 10.2 Å². The van der Waals surface area contributed by atoms with Crippen molar-refractivity contribution < 1.29 is 4.79 Å². The minimum absolute atomic E-state index is 0.0695. The van der Waals surface area contributed by atoms with Gasteiger partial charge in [-0.3, -0.25) is 4.79 Å². The smallest absolute Gasteiger partial charge is 0.277 e. The molecular weight excluding hydrogens is 276 g/mol. The first-order chi connectivity index (χ1) is 10.6. The molecule has 0 bridgehead atoms. The average Bonchev–Trinajstić information content (AvgIpc) is 2.96. The number of hydrogen-bond donors (Lipinski definition) is 1. The van der Waals surface area contributed by atoms with Gasteiger partial charge < -0.3 is 10.2 Å². The highest BCUT2D eigenvalue weighted by Crippen LogP contribution is 2.28. The van der Waals surface area contributed by atoms with Gasteiger partial charge in [-0.05, 0) is 24.0 Å². The molecule has 0 saturated heterocycles. The fraction of sp³-hybridized carbons (Fsp3) is 0.353. The number of aromatic nitrogens is 2. The Balaban J connectivity index is 1.80. The number of benzene rings is 1. The van der Waals surface area contributed by atoms with Gasteiger partial charge in [0.2, 0.25) is 0 Å². The highest BCUT2D eigenvalue weighted by Gasteiger charge is 2.26. The predicted molar refractivity (Wildman–Crippen MR) is 87.2 cm³/mol. The fourth-order valence-electron chi connectivity index (χ4n) is 2.57. The van der Waals surface area contributed by atoms with E-state index < -0.39 is 0 Å². The lowest BCUT2D eigenvalue weighted by Gasteiger charge is -2.17. The zero-order valence-electron chi connectivity index (χ0n) is 12.9. The van der Waals surface area contributed by atoms with Gasteiger partial charge in [0, 0.05) is 24.8 Å². The molecule has 1 N–H and O–H groups in total. The van der Waals surface area contributed by atoms with Crippen molar-refractivity contribution in [1.29, 1.82) is 0 Å². The summed E-state index contributed by atoms with van der Waals surface area (Å²) in [6.07, 6.45) is 2.34. The standard InChI is InChI=1S/C17H20N4O/c1-12(2)10-18-16-9-14(19-11-20-16)17(22)21-8-7-13-5-3-4-6-15(13)21/h3-6,9,11-12H,7-8,10H2,1-2H3,(H,18,19,20). The normalized spacial score (nSPS) is 13.3. The van der Waals surface area contributed by atoms with Gasteiger partial charge in [-0.15, -0.1) is 0 Å². The van der Waals surface area contributed by atoms with Crippen molar-refractivity contribution in [2.75, 3.05) is 23.3 Å². The topological polar surface area (TPSA) is 58.1 Å². The van der Waals surface area contributed by atoms with E-state index in [1.54, 1.807) is 11.0 Å². The van der Waals surface area contributed by atoms with Crippen LogP contribution in [0, 0.1) is 5.92 Å². The third-order valence-corrected chi connectivity index (χ3v) is 3.71. The van der Waals surface area contributed by atoms with E-state index in [0.717, 1.165) is 18.7 Å². The number of fused-ring (bicyclic) bond motifs is 1. The molecule has 5 heteroatoms. The van der Waals surface area contributed by atoms with Crippen LogP contribution in [0.5, 0.6) is 0 Å².